The number of nitrogens with zero attached hydrogens (tertiary/aromatic N) is 1. The number of ether oxygens (including phenoxy) is 1. The van der Waals surface area contributed by atoms with Gasteiger partial charge in [0.1, 0.15) is 5.75 Å². The van der Waals surface area contributed by atoms with Crippen LogP contribution in [-0.4, -0.2) is 24.7 Å². The average molecular weight is 378 g/mol. The summed E-state index contributed by atoms with van der Waals surface area (Å²) in [5.74, 6) is -0.164. The zero-order valence-corrected chi connectivity index (χ0v) is 14.4. The molecule has 9 heteroatoms. The van der Waals surface area contributed by atoms with Gasteiger partial charge >= 0.3 is 0 Å². The zero-order valence-electron chi connectivity index (χ0n) is 13.6. The van der Waals surface area contributed by atoms with Gasteiger partial charge < -0.3 is 14.5 Å². The molecular weight excluding hydrogens is 363 g/mol. The number of anilines is 1. The maximum Gasteiger partial charge on any atom is 0.291 e. The van der Waals surface area contributed by atoms with Crippen LogP contribution in [0.2, 0.25) is 0 Å². The Hall–Kier alpha value is -3.07. The summed E-state index contributed by atoms with van der Waals surface area (Å²) in [5, 5.41) is 2.54. The first kappa shape index (κ1) is 17.7. The van der Waals surface area contributed by atoms with Crippen molar-refractivity contribution in [2.75, 3.05) is 5.32 Å². The van der Waals surface area contributed by atoms with Gasteiger partial charge in [0.05, 0.1) is 16.8 Å². The van der Waals surface area contributed by atoms with E-state index >= 15 is 0 Å². The predicted molar refractivity (Wildman–Crippen MR) is 91.3 cm³/mol. The van der Waals surface area contributed by atoms with Crippen LogP contribution in [0.3, 0.4) is 0 Å². The molecule has 0 saturated carbocycles. The minimum absolute atomic E-state index is 0.00382. The highest BCUT2D eigenvalue weighted by atomic mass is 32.2. The van der Waals surface area contributed by atoms with E-state index in [-0.39, 0.29) is 16.4 Å². The van der Waals surface area contributed by atoms with E-state index in [1.807, 2.05) is 0 Å². The molecule has 0 aliphatic carbocycles. The van der Waals surface area contributed by atoms with Crippen molar-refractivity contribution in [3.8, 4) is 5.75 Å². The molecule has 1 amide bonds. The number of carbonyl (C=O) groups excluding carboxylic acids is 1. The van der Waals surface area contributed by atoms with Crippen LogP contribution < -0.4 is 10.1 Å². The molecule has 0 aliphatic rings. The van der Waals surface area contributed by atoms with Crippen molar-refractivity contribution in [1.82, 2.24) is 3.97 Å². The summed E-state index contributed by atoms with van der Waals surface area (Å²) < 4.78 is 48.8. The highest BCUT2D eigenvalue weighted by Crippen LogP contribution is 2.21. The first-order valence-electron chi connectivity index (χ1n) is 7.55. The smallest absolute Gasteiger partial charge is 0.291 e. The van der Waals surface area contributed by atoms with Crippen molar-refractivity contribution >= 4 is 21.6 Å². The third-order valence-corrected chi connectivity index (χ3v) is 5.02. The monoisotopic (exact) mass is 378 g/mol. The normalized spacial score (nSPS) is 12.5. The molecule has 3 aromatic rings. The second-order valence-electron chi connectivity index (χ2n) is 5.30. The molecule has 0 bridgehead atoms. The number of alkyl halides is 1. The molecule has 0 radical (unpaired) electrons. The van der Waals surface area contributed by atoms with Gasteiger partial charge in [-0.25, -0.2) is 16.8 Å². The Morgan fingerprint density at radius 3 is 2.58 bits per heavy atom. The molecule has 1 N–H and O–H groups in total. The first-order valence-corrected chi connectivity index (χ1v) is 8.99. The maximum atomic E-state index is 12.8. The second-order valence-corrected chi connectivity index (χ2v) is 7.14. The number of aromatic nitrogens is 1. The van der Waals surface area contributed by atoms with Crippen molar-refractivity contribution < 1.29 is 26.8 Å². The average Bonchev–Trinajstić information content (AvgIpc) is 3.26. The molecule has 7 nitrogen and oxygen atoms in total. The Kier molecular flexibility index (Phi) is 4.81. The van der Waals surface area contributed by atoms with E-state index in [1.165, 1.54) is 62.0 Å². The Bertz CT molecular complexity index is 992. The molecule has 2 aromatic heterocycles. The summed E-state index contributed by atoms with van der Waals surface area (Å²) in [6.45, 7) is 1.23. The maximum absolute atomic E-state index is 12.8. The second kappa shape index (κ2) is 7.04. The van der Waals surface area contributed by atoms with E-state index in [1.54, 1.807) is 6.07 Å². The minimum Gasteiger partial charge on any atom is -0.461 e. The Balaban J connectivity index is 1.78. The van der Waals surface area contributed by atoms with Crippen molar-refractivity contribution in [3.63, 3.8) is 0 Å². The lowest BCUT2D eigenvalue weighted by molar-refractivity contribution is 0.0860. The summed E-state index contributed by atoms with van der Waals surface area (Å²) in [7, 11) is -3.86. The molecule has 0 saturated heterocycles. The van der Waals surface area contributed by atoms with Crippen molar-refractivity contribution in [3.05, 3.63) is 66.9 Å². The molecular formula is C17H15FN2O5S. The minimum atomic E-state index is -3.86. The van der Waals surface area contributed by atoms with Gasteiger partial charge in [-0.1, -0.05) is 0 Å². The molecule has 0 aliphatic heterocycles. The van der Waals surface area contributed by atoms with E-state index in [4.69, 9.17) is 9.15 Å². The van der Waals surface area contributed by atoms with Gasteiger partial charge in [-0.2, -0.15) is 0 Å². The van der Waals surface area contributed by atoms with Gasteiger partial charge in [0.15, 0.2) is 5.76 Å². The summed E-state index contributed by atoms with van der Waals surface area (Å²) in [6, 6.07) is 9.87. The van der Waals surface area contributed by atoms with E-state index in [0.717, 1.165) is 3.97 Å². The van der Waals surface area contributed by atoms with E-state index in [2.05, 4.69) is 5.32 Å². The SMILES string of the molecule is CC(F)Oc1ccc(S(=O)(=O)n2ccc(NC(=O)c3ccco3)c2)cc1. The van der Waals surface area contributed by atoms with Crippen LogP contribution in [0.5, 0.6) is 5.75 Å². The van der Waals surface area contributed by atoms with Crippen LogP contribution in [0, 0.1) is 0 Å². The van der Waals surface area contributed by atoms with E-state index in [0.29, 0.717) is 5.69 Å². The summed E-state index contributed by atoms with van der Waals surface area (Å²) >= 11 is 0. The fraction of sp³-hybridized carbons (Fsp3) is 0.118. The highest BCUT2D eigenvalue weighted by molar-refractivity contribution is 7.90. The first-order chi connectivity index (χ1) is 12.4. The van der Waals surface area contributed by atoms with E-state index in [9.17, 15) is 17.6 Å². The number of nitrogens with one attached hydrogen (secondary N) is 1. The molecule has 2 heterocycles. The Labute approximate surface area is 149 Å². The number of halogens is 1. The van der Waals surface area contributed by atoms with E-state index < -0.39 is 22.3 Å². The highest BCUT2D eigenvalue weighted by Gasteiger charge is 2.18. The third-order valence-electron chi connectivity index (χ3n) is 3.37. The van der Waals surface area contributed by atoms with Gasteiger partial charge in [0, 0.05) is 19.3 Å². The van der Waals surface area contributed by atoms with Crippen LogP contribution in [0.1, 0.15) is 17.5 Å². The Morgan fingerprint density at radius 1 is 1.23 bits per heavy atom. The molecule has 1 aromatic carbocycles. The molecule has 1 atom stereocenters. The standard InChI is InChI=1S/C17H15FN2O5S/c1-12(18)25-14-4-6-15(7-5-14)26(22,23)20-9-8-13(11-20)19-17(21)16-3-2-10-24-16/h2-12H,1H3,(H,19,21). The predicted octanol–water partition coefficient (Wildman–Crippen LogP) is 3.26. The number of hydrogen-bond acceptors (Lipinski definition) is 5. The molecule has 3 rings (SSSR count). The fourth-order valence-electron chi connectivity index (χ4n) is 2.20. The fourth-order valence-corrected chi connectivity index (χ4v) is 3.40. The summed E-state index contributed by atoms with van der Waals surface area (Å²) in [6.07, 6.45) is 2.44. The van der Waals surface area contributed by atoms with Crippen molar-refractivity contribution in [1.29, 1.82) is 0 Å². The topological polar surface area (TPSA) is 90.5 Å². The number of furan rings is 1. The largest absolute Gasteiger partial charge is 0.461 e. The van der Waals surface area contributed by atoms with Crippen LogP contribution in [0.25, 0.3) is 0 Å². The zero-order chi connectivity index (χ0) is 18.7. The number of hydrogen-bond donors (Lipinski definition) is 1. The molecule has 26 heavy (non-hydrogen) atoms. The van der Waals surface area contributed by atoms with Gasteiger partial charge in [-0.05, 0) is 42.5 Å². The van der Waals surface area contributed by atoms with Crippen LogP contribution in [0.15, 0.2) is 70.4 Å². The summed E-state index contributed by atoms with van der Waals surface area (Å²) in [5.41, 5.74) is 0.293. The Morgan fingerprint density at radius 2 is 1.96 bits per heavy atom. The molecule has 1 unspecified atom stereocenters. The lowest BCUT2D eigenvalue weighted by atomic mass is 10.3. The van der Waals surface area contributed by atoms with Crippen LogP contribution in [-0.2, 0) is 10.0 Å². The number of rotatable bonds is 6. The number of carbonyl (C=O) groups is 1. The number of amides is 1. The van der Waals surface area contributed by atoms with Crippen molar-refractivity contribution in [2.24, 2.45) is 0 Å². The van der Waals surface area contributed by atoms with Crippen LogP contribution >= 0.6 is 0 Å². The third kappa shape index (κ3) is 3.77. The molecule has 0 fully saturated rings. The lowest BCUT2D eigenvalue weighted by Crippen LogP contribution is -2.12. The molecule has 0 spiro atoms. The molecule has 136 valence electrons. The van der Waals surface area contributed by atoms with Gasteiger partial charge in [0.2, 0.25) is 6.36 Å². The van der Waals surface area contributed by atoms with Crippen molar-refractivity contribution in [2.45, 2.75) is 18.2 Å². The van der Waals surface area contributed by atoms with Gasteiger partial charge in [0.25, 0.3) is 15.9 Å². The van der Waals surface area contributed by atoms with Gasteiger partial charge in [-0.3, -0.25) is 4.79 Å². The lowest BCUT2D eigenvalue weighted by Gasteiger charge is -2.09. The van der Waals surface area contributed by atoms with Gasteiger partial charge in [-0.15, -0.1) is 0 Å². The number of benzene rings is 1. The van der Waals surface area contributed by atoms with Crippen LogP contribution in [0.4, 0.5) is 10.1 Å². The summed E-state index contributed by atoms with van der Waals surface area (Å²) in [4.78, 5) is 11.9. The quantitative estimate of drug-likeness (QED) is 0.711.